The Balaban J connectivity index is 1.57. The van der Waals surface area contributed by atoms with Gasteiger partial charge in [0.2, 0.25) is 5.91 Å². The second-order valence-electron chi connectivity index (χ2n) is 7.99. The number of urea groups is 1. The third-order valence-corrected chi connectivity index (χ3v) is 6.14. The molecule has 1 N–H and O–H groups in total. The van der Waals surface area contributed by atoms with Crippen LogP contribution in [0.25, 0.3) is 17.0 Å². The van der Waals surface area contributed by atoms with Crippen LogP contribution in [0.4, 0.5) is 4.79 Å². The van der Waals surface area contributed by atoms with Crippen molar-refractivity contribution in [2.45, 2.75) is 19.0 Å². The third-order valence-electron chi connectivity index (χ3n) is 6.14. The number of fused-ring (bicyclic) bond motifs is 6. The molecule has 7 heteroatoms. The van der Waals surface area contributed by atoms with Gasteiger partial charge in [0.05, 0.1) is 12.5 Å². The predicted molar refractivity (Wildman–Crippen MR) is 115 cm³/mol. The highest BCUT2D eigenvalue weighted by Gasteiger charge is 2.44. The fourth-order valence-corrected chi connectivity index (χ4v) is 4.65. The van der Waals surface area contributed by atoms with Gasteiger partial charge in [0.15, 0.2) is 0 Å². The highest BCUT2D eigenvalue weighted by atomic mass is 16.4. The Hall–Kier alpha value is -3.87. The number of rotatable bonds is 4. The molecule has 2 aliphatic heterocycles. The molecule has 3 amide bonds. The molecule has 2 bridgehead atoms. The molecule has 31 heavy (non-hydrogen) atoms. The molecule has 1 saturated heterocycles. The number of aliphatic carboxylic acids is 1. The molecule has 2 aromatic carbocycles. The van der Waals surface area contributed by atoms with Gasteiger partial charge in [-0.3, -0.25) is 9.69 Å². The van der Waals surface area contributed by atoms with E-state index >= 15 is 0 Å². The van der Waals surface area contributed by atoms with Crippen molar-refractivity contribution in [1.82, 2.24) is 14.4 Å². The zero-order valence-corrected chi connectivity index (χ0v) is 17.0. The summed E-state index contributed by atoms with van der Waals surface area (Å²) in [4.78, 5) is 39.1. The average molecular weight is 415 g/mol. The van der Waals surface area contributed by atoms with E-state index in [1.807, 2.05) is 48.5 Å². The van der Waals surface area contributed by atoms with E-state index in [1.165, 1.54) is 4.90 Å². The Morgan fingerprint density at radius 1 is 1.13 bits per heavy atom. The molecule has 1 atom stereocenters. The molecule has 156 valence electrons. The number of benzene rings is 2. The Morgan fingerprint density at radius 2 is 1.87 bits per heavy atom. The van der Waals surface area contributed by atoms with Crippen LogP contribution < -0.4 is 0 Å². The van der Waals surface area contributed by atoms with Gasteiger partial charge in [-0.05, 0) is 28.8 Å². The van der Waals surface area contributed by atoms with Crippen molar-refractivity contribution in [3.05, 3.63) is 77.0 Å². The molecular weight excluding hydrogens is 394 g/mol. The number of carboxylic acid groups (broad SMARTS) is 1. The Bertz CT molecular complexity index is 1260. The van der Waals surface area contributed by atoms with Crippen LogP contribution >= 0.6 is 0 Å². The normalized spacial score (nSPS) is 18.2. The van der Waals surface area contributed by atoms with Crippen LogP contribution in [0.5, 0.6) is 0 Å². The van der Waals surface area contributed by atoms with Crippen molar-refractivity contribution in [2.24, 2.45) is 0 Å². The van der Waals surface area contributed by atoms with Crippen LogP contribution in [0.2, 0.25) is 0 Å². The third kappa shape index (κ3) is 3.09. The molecule has 0 aliphatic carbocycles. The molecule has 1 fully saturated rings. The maximum atomic E-state index is 12.9. The van der Waals surface area contributed by atoms with E-state index in [2.05, 4.69) is 4.57 Å². The van der Waals surface area contributed by atoms with Gasteiger partial charge in [0.25, 0.3) is 0 Å². The second kappa shape index (κ2) is 7.12. The zero-order valence-electron chi connectivity index (χ0n) is 17.0. The fraction of sp³-hybridized carbons (Fsp3) is 0.208. The summed E-state index contributed by atoms with van der Waals surface area (Å²) in [5, 5.41) is 9.85. The number of para-hydroxylation sites is 1. The van der Waals surface area contributed by atoms with E-state index in [0.29, 0.717) is 19.6 Å². The number of imide groups is 1. The van der Waals surface area contributed by atoms with Gasteiger partial charge in [-0.25, -0.2) is 9.59 Å². The summed E-state index contributed by atoms with van der Waals surface area (Å²) < 4.78 is 2.19. The average Bonchev–Trinajstić information content (AvgIpc) is 3.09. The van der Waals surface area contributed by atoms with Crippen molar-refractivity contribution in [2.75, 3.05) is 13.6 Å². The van der Waals surface area contributed by atoms with Crippen LogP contribution in [0.3, 0.4) is 0 Å². The van der Waals surface area contributed by atoms with Gasteiger partial charge in [-0.15, -0.1) is 0 Å². The number of aromatic nitrogens is 1. The highest BCUT2D eigenvalue weighted by molar-refractivity contribution is 6.04. The molecule has 1 unspecified atom stereocenters. The zero-order chi connectivity index (χ0) is 21.7. The van der Waals surface area contributed by atoms with Crippen molar-refractivity contribution >= 4 is 34.9 Å². The summed E-state index contributed by atoms with van der Waals surface area (Å²) in [5.41, 5.74) is 4.93. The lowest BCUT2D eigenvalue weighted by Crippen LogP contribution is -2.56. The number of amides is 3. The van der Waals surface area contributed by atoms with E-state index in [9.17, 15) is 14.4 Å². The molecule has 3 aromatic rings. The minimum absolute atomic E-state index is 0.153. The fourth-order valence-electron chi connectivity index (χ4n) is 4.65. The van der Waals surface area contributed by atoms with Gasteiger partial charge in [0.1, 0.15) is 0 Å². The van der Waals surface area contributed by atoms with Crippen molar-refractivity contribution in [1.29, 1.82) is 0 Å². The van der Waals surface area contributed by atoms with Crippen LogP contribution in [0, 0.1) is 0 Å². The van der Waals surface area contributed by atoms with E-state index < -0.39 is 5.97 Å². The van der Waals surface area contributed by atoms with Gasteiger partial charge in [0, 0.05) is 42.8 Å². The standard InChI is InChI=1S/C24H21N3O4/c1-25-23(30)18-13-26(24(25)31)14-20-22(18)17-4-2-3-5-19(17)27(20)12-16-8-6-15(7-9-16)10-11-21(28)29/h2-11,18H,12-14H2,1H3,(H,28,29). The second-order valence-corrected chi connectivity index (χ2v) is 7.99. The summed E-state index contributed by atoms with van der Waals surface area (Å²) >= 11 is 0. The monoisotopic (exact) mass is 415 g/mol. The summed E-state index contributed by atoms with van der Waals surface area (Å²) in [7, 11) is 1.55. The minimum Gasteiger partial charge on any atom is -0.478 e. The minimum atomic E-state index is -0.982. The number of nitrogens with zero attached hydrogens (tertiary/aromatic N) is 3. The topological polar surface area (TPSA) is 82.8 Å². The lowest BCUT2D eigenvalue weighted by atomic mass is 9.89. The molecule has 1 aromatic heterocycles. The molecule has 7 nitrogen and oxygen atoms in total. The lowest BCUT2D eigenvalue weighted by Gasteiger charge is -2.41. The highest BCUT2D eigenvalue weighted by Crippen LogP contribution is 2.40. The Kier molecular flexibility index (Phi) is 4.39. The number of hydrogen-bond donors (Lipinski definition) is 1. The molecule has 0 spiro atoms. The number of carboxylic acids is 1. The first-order valence-electron chi connectivity index (χ1n) is 10.1. The molecular formula is C24H21N3O4. The maximum Gasteiger partial charge on any atom is 0.328 e. The summed E-state index contributed by atoms with van der Waals surface area (Å²) in [6, 6.07) is 15.5. The van der Waals surface area contributed by atoms with Gasteiger partial charge in [-0.2, -0.15) is 0 Å². The number of likely N-dealkylation sites (N-methyl/N-ethyl adjacent to an activating group) is 1. The summed E-state index contributed by atoms with van der Waals surface area (Å²) in [6.07, 6.45) is 2.67. The van der Waals surface area contributed by atoms with E-state index in [-0.39, 0.29) is 17.9 Å². The van der Waals surface area contributed by atoms with Gasteiger partial charge < -0.3 is 14.6 Å². The maximum absolute atomic E-state index is 12.9. The summed E-state index contributed by atoms with van der Waals surface area (Å²) in [5.74, 6) is -1.48. The summed E-state index contributed by atoms with van der Waals surface area (Å²) in [6.45, 7) is 1.49. The predicted octanol–water partition coefficient (Wildman–Crippen LogP) is 3.28. The van der Waals surface area contributed by atoms with E-state index in [1.54, 1.807) is 18.0 Å². The van der Waals surface area contributed by atoms with Crippen LogP contribution in [-0.2, 0) is 22.7 Å². The quantitative estimate of drug-likeness (QED) is 0.663. The van der Waals surface area contributed by atoms with Crippen LogP contribution in [-0.4, -0.2) is 51.0 Å². The molecule has 3 heterocycles. The first-order chi connectivity index (χ1) is 14.9. The lowest BCUT2D eigenvalue weighted by molar-refractivity contribution is -0.132. The number of hydrogen-bond acceptors (Lipinski definition) is 3. The Morgan fingerprint density at radius 3 is 2.61 bits per heavy atom. The van der Waals surface area contributed by atoms with Crippen molar-refractivity contribution in [3.8, 4) is 0 Å². The van der Waals surface area contributed by atoms with Crippen LogP contribution in [0.1, 0.15) is 28.3 Å². The number of carbonyl (C=O) groups is 3. The van der Waals surface area contributed by atoms with Crippen molar-refractivity contribution in [3.63, 3.8) is 0 Å². The molecule has 0 radical (unpaired) electrons. The van der Waals surface area contributed by atoms with Gasteiger partial charge in [-0.1, -0.05) is 42.5 Å². The largest absolute Gasteiger partial charge is 0.478 e. The SMILES string of the molecule is CN1C(=O)C2CN(Cc3c2c2ccccc2n3Cc2ccc(C=CC(=O)O)cc2)C1=O. The van der Waals surface area contributed by atoms with E-state index in [4.69, 9.17) is 5.11 Å². The first kappa shape index (κ1) is 19.1. The van der Waals surface area contributed by atoms with E-state index in [0.717, 1.165) is 39.4 Å². The first-order valence-corrected chi connectivity index (χ1v) is 10.1. The van der Waals surface area contributed by atoms with Gasteiger partial charge >= 0.3 is 12.0 Å². The molecule has 2 aliphatic rings. The number of carbonyl (C=O) groups excluding carboxylic acids is 2. The Labute approximate surface area is 178 Å². The van der Waals surface area contributed by atoms with Crippen molar-refractivity contribution < 1.29 is 19.5 Å². The van der Waals surface area contributed by atoms with Crippen LogP contribution in [0.15, 0.2) is 54.6 Å². The molecule has 5 rings (SSSR count). The smallest absolute Gasteiger partial charge is 0.328 e. The molecule has 0 saturated carbocycles.